The lowest BCUT2D eigenvalue weighted by atomic mass is 9.87. The molecule has 1 nitrogen and oxygen atoms in total. The summed E-state index contributed by atoms with van der Waals surface area (Å²) in [5.74, 6) is 0.515. The molecule has 1 aliphatic carbocycles. The monoisotopic (exact) mass is 238 g/mol. The number of hydrogen-bond acceptors (Lipinski definition) is 1. The third-order valence-corrected chi connectivity index (χ3v) is 3.38. The van der Waals surface area contributed by atoms with Gasteiger partial charge in [-0.3, -0.25) is 0 Å². The molecule has 0 amide bonds. The number of hydrogen-bond donors (Lipinski definition) is 1. The highest BCUT2D eigenvalue weighted by Crippen LogP contribution is 2.34. The summed E-state index contributed by atoms with van der Waals surface area (Å²) in [7, 11) is 0. The maximum Gasteiger partial charge on any atom is 0.389 e. The first kappa shape index (κ1) is 13.8. The van der Waals surface area contributed by atoms with Crippen LogP contribution in [-0.4, -0.2) is 16.9 Å². The maximum absolute atomic E-state index is 12.0. The van der Waals surface area contributed by atoms with Crippen LogP contribution in [-0.2, 0) is 0 Å². The van der Waals surface area contributed by atoms with E-state index in [9.17, 15) is 18.3 Å². The molecule has 0 aromatic heterocycles. The molecule has 0 heterocycles. The maximum atomic E-state index is 12.0. The fourth-order valence-electron chi connectivity index (χ4n) is 2.61. The van der Waals surface area contributed by atoms with Crippen molar-refractivity contribution in [2.75, 3.05) is 0 Å². The Bertz CT molecular complexity index is 205. The molecule has 1 saturated carbocycles. The predicted octanol–water partition coefficient (Wildman–Crippen LogP) is 4.05. The highest BCUT2D eigenvalue weighted by Gasteiger charge is 2.31. The summed E-state index contributed by atoms with van der Waals surface area (Å²) < 4.78 is 35.9. The van der Waals surface area contributed by atoms with E-state index in [-0.39, 0.29) is 12.8 Å². The summed E-state index contributed by atoms with van der Waals surface area (Å²) in [4.78, 5) is 0. The van der Waals surface area contributed by atoms with Crippen LogP contribution in [0.1, 0.15) is 58.3 Å². The molecule has 0 aromatic rings. The summed E-state index contributed by atoms with van der Waals surface area (Å²) in [6, 6.07) is 0. The van der Waals surface area contributed by atoms with Crippen LogP contribution in [0.25, 0.3) is 0 Å². The fourth-order valence-corrected chi connectivity index (χ4v) is 2.61. The van der Waals surface area contributed by atoms with Gasteiger partial charge < -0.3 is 5.11 Å². The normalized spacial score (nSPS) is 22.3. The summed E-state index contributed by atoms with van der Waals surface area (Å²) in [6.07, 6.45) is 0.700. The summed E-state index contributed by atoms with van der Waals surface area (Å²) in [5.41, 5.74) is -0.916. The Morgan fingerprint density at radius 1 is 1.12 bits per heavy atom. The van der Waals surface area contributed by atoms with E-state index in [4.69, 9.17) is 0 Å². The molecule has 16 heavy (non-hydrogen) atoms. The fraction of sp³-hybridized carbons (Fsp3) is 1.00. The van der Waals surface area contributed by atoms with Gasteiger partial charge in [-0.1, -0.05) is 25.7 Å². The van der Waals surface area contributed by atoms with Crippen molar-refractivity contribution in [1.82, 2.24) is 0 Å². The molecule has 1 atom stereocenters. The van der Waals surface area contributed by atoms with E-state index >= 15 is 0 Å². The Hall–Kier alpha value is -0.250. The van der Waals surface area contributed by atoms with Crippen LogP contribution in [0.4, 0.5) is 13.2 Å². The predicted molar refractivity (Wildman–Crippen MR) is 57.1 cm³/mol. The van der Waals surface area contributed by atoms with Crippen LogP contribution in [0.3, 0.4) is 0 Å². The molecule has 1 rings (SSSR count). The number of alkyl halides is 3. The number of rotatable bonds is 5. The van der Waals surface area contributed by atoms with Crippen molar-refractivity contribution in [2.45, 2.75) is 70.1 Å². The standard InChI is InChI=1S/C12H21F3O/c1-11(16,7-4-8-12(13,14)15)9-10-5-2-3-6-10/h10,16H,2-9H2,1H3. The van der Waals surface area contributed by atoms with Crippen molar-refractivity contribution in [2.24, 2.45) is 5.92 Å². The molecular weight excluding hydrogens is 217 g/mol. The van der Waals surface area contributed by atoms with E-state index in [1.807, 2.05) is 0 Å². The van der Waals surface area contributed by atoms with Crippen molar-refractivity contribution in [3.8, 4) is 0 Å². The first-order valence-electron chi connectivity index (χ1n) is 6.08. The second-order valence-electron chi connectivity index (χ2n) is 5.32. The largest absolute Gasteiger partial charge is 0.390 e. The Morgan fingerprint density at radius 3 is 2.19 bits per heavy atom. The van der Waals surface area contributed by atoms with Gasteiger partial charge in [0.15, 0.2) is 0 Å². The van der Waals surface area contributed by atoms with Gasteiger partial charge in [0.05, 0.1) is 5.60 Å². The van der Waals surface area contributed by atoms with Crippen molar-refractivity contribution in [3.63, 3.8) is 0 Å². The Labute approximate surface area is 95.0 Å². The summed E-state index contributed by atoms with van der Waals surface area (Å²) in [6.45, 7) is 1.67. The zero-order valence-electron chi connectivity index (χ0n) is 9.82. The lowest BCUT2D eigenvalue weighted by Gasteiger charge is -2.26. The van der Waals surface area contributed by atoms with Crippen LogP contribution in [0.5, 0.6) is 0 Å². The SMILES string of the molecule is CC(O)(CCCC(F)(F)F)CC1CCCC1. The van der Waals surface area contributed by atoms with E-state index in [2.05, 4.69) is 0 Å². The first-order chi connectivity index (χ1) is 7.29. The molecule has 96 valence electrons. The van der Waals surface area contributed by atoms with Gasteiger partial charge in [0.25, 0.3) is 0 Å². The van der Waals surface area contributed by atoms with Crippen molar-refractivity contribution >= 4 is 0 Å². The van der Waals surface area contributed by atoms with Gasteiger partial charge in [-0.05, 0) is 32.1 Å². The molecule has 0 aromatic carbocycles. The number of halogens is 3. The van der Waals surface area contributed by atoms with Crippen LogP contribution in [0.2, 0.25) is 0 Å². The van der Waals surface area contributed by atoms with Crippen molar-refractivity contribution < 1.29 is 18.3 Å². The molecule has 1 N–H and O–H groups in total. The molecule has 0 bridgehead atoms. The van der Waals surface area contributed by atoms with Gasteiger partial charge in [-0.15, -0.1) is 0 Å². The lowest BCUT2D eigenvalue weighted by Crippen LogP contribution is -2.27. The number of aliphatic hydroxyl groups is 1. The van der Waals surface area contributed by atoms with Crippen LogP contribution < -0.4 is 0 Å². The van der Waals surface area contributed by atoms with Gasteiger partial charge in [-0.2, -0.15) is 13.2 Å². The van der Waals surface area contributed by atoms with Crippen LogP contribution >= 0.6 is 0 Å². The van der Waals surface area contributed by atoms with Crippen molar-refractivity contribution in [3.05, 3.63) is 0 Å². The van der Waals surface area contributed by atoms with Crippen molar-refractivity contribution in [1.29, 1.82) is 0 Å². The highest BCUT2D eigenvalue weighted by molar-refractivity contribution is 4.80. The molecule has 0 radical (unpaired) electrons. The summed E-state index contributed by atoms with van der Waals surface area (Å²) >= 11 is 0. The highest BCUT2D eigenvalue weighted by atomic mass is 19.4. The second kappa shape index (κ2) is 5.39. The minimum Gasteiger partial charge on any atom is -0.390 e. The van der Waals surface area contributed by atoms with E-state index in [1.165, 1.54) is 12.8 Å². The van der Waals surface area contributed by atoms with E-state index < -0.39 is 18.2 Å². The van der Waals surface area contributed by atoms with E-state index in [0.29, 0.717) is 12.3 Å². The minimum absolute atomic E-state index is 0.0310. The minimum atomic E-state index is -4.09. The zero-order chi connectivity index (χ0) is 12.2. The third-order valence-electron chi connectivity index (χ3n) is 3.38. The third kappa shape index (κ3) is 5.73. The molecule has 4 heteroatoms. The topological polar surface area (TPSA) is 20.2 Å². The molecule has 1 aliphatic rings. The molecule has 0 aliphatic heterocycles. The average molecular weight is 238 g/mol. The van der Waals surface area contributed by atoms with Crippen LogP contribution in [0.15, 0.2) is 0 Å². The molecule has 0 saturated heterocycles. The Kier molecular flexibility index (Phi) is 4.65. The van der Waals surface area contributed by atoms with Gasteiger partial charge in [0.1, 0.15) is 0 Å². The molecule has 1 unspecified atom stereocenters. The van der Waals surface area contributed by atoms with E-state index in [1.54, 1.807) is 6.92 Å². The van der Waals surface area contributed by atoms with E-state index in [0.717, 1.165) is 12.8 Å². The quantitative estimate of drug-likeness (QED) is 0.766. The smallest absolute Gasteiger partial charge is 0.389 e. The van der Waals surface area contributed by atoms with Gasteiger partial charge in [0, 0.05) is 6.42 Å². The Morgan fingerprint density at radius 2 is 1.69 bits per heavy atom. The zero-order valence-corrected chi connectivity index (χ0v) is 9.82. The second-order valence-corrected chi connectivity index (χ2v) is 5.32. The average Bonchev–Trinajstić information content (AvgIpc) is 2.52. The van der Waals surface area contributed by atoms with Gasteiger partial charge >= 0.3 is 6.18 Å². The van der Waals surface area contributed by atoms with Gasteiger partial charge in [0.2, 0.25) is 0 Å². The Balaban J connectivity index is 2.22. The lowest BCUT2D eigenvalue weighted by molar-refractivity contribution is -0.137. The molecule has 0 spiro atoms. The molecule has 1 fully saturated rings. The molecular formula is C12H21F3O. The summed E-state index contributed by atoms with van der Waals surface area (Å²) in [5, 5.41) is 10.0. The van der Waals surface area contributed by atoms with Gasteiger partial charge in [-0.25, -0.2) is 0 Å². The van der Waals surface area contributed by atoms with Crippen LogP contribution in [0, 0.1) is 5.92 Å². The first-order valence-corrected chi connectivity index (χ1v) is 6.08.